The van der Waals surface area contributed by atoms with E-state index in [0.717, 1.165) is 18.9 Å². The van der Waals surface area contributed by atoms with Crippen LogP contribution in [0.25, 0.3) is 0 Å². The maximum absolute atomic E-state index is 8.64. The van der Waals surface area contributed by atoms with Gasteiger partial charge in [-0.05, 0) is 45.8 Å². The fraction of sp³-hybridized carbons (Fsp3) is 0.947. The maximum Gasteiger partial charge on any atom is 0.500 e. The fourth-order valence-corrected chi connectivity index (χ4v) is 5.30. The minimum absolute atomic E-state index is 0.163. The summed E-state index contributed by atoms with van der Waals surface area (Å²) < 4.78 is 17.3. The summed E-state index contributed by atoms with van der Waals surface area (Å²) >= 11 is 4.53. The highest BCUT2D eigenvalue weighted by molar-refractivity contribution is 7.80. The molecule has 0 heterocycles. The standard InChI is InChI=1S/C11H26O3Si.C8H16OS/c1-5-9-10-11-15(12-6-2,13-7-3)14-8-4;1-2-3-4-5-6-7-8(9)10/h5-11H2,1-4H3;2-7H2,1H3,(H,9,10). The van der Waals surface area contributed by atoms with Gasteiger partial charge in [0.05, 0.1) is 0 Å². The predicted molar refractivity (Wildman–Crippen MR) is 114 cm³/mol. The van der Waals surface area contributed by atoms with Crippen molar-refractivity contribution < 1.29 is 18.4 Å². The van der Waals surface area contributed by atoms with E-state index in [1.165, 1.54) is 38.5 Å². The minimum Gasteiger partial charge on any atom is -0.502 e. The van der Waals surface area contributed by atoms with Crippen molar-refractivity contribution in [1.29, 1.82) is 0 Å². The van der Waals surface area contributed by atoms with Gasteiger partial charge >= 0.3 is 8.80 Å². The molecule has 0 saturated carbocycles. The van der Waals surface area contributed by atoms with Crippen molar-refractivity contribution in [3.05, 3.63) is 0 Å². The number of hydrogen-bond acceptors (Lipinski definition) is 4. The van der Waals surface area contributed by atoms with Crippen LogP contribution in [0.5, 0.6) is 0 Å². The van der Waals surface area contributed by atoms with Gasteiger partial charge in [-0.1, -0.05) is 52.4 Å². The normalized spacial score (nSPS) is 11.1. The lowest BCUT2D eigenvalue weighted by molar-refractivity contribution is 0.0707. The molecule has 4 nitrogen and oxygen atoms in total. The third kappa shape index (κ3) is 18.6. The van der Waals surface area contributed by atoms with Crippen LogP contribution in [0.1, 0.15) is 92.4 Å². The molecule has 152 valence electrons. The van der Waals surface area contributed by atoms with Crippen molar-refractivity contribution in [3.63, 3.8) is 0 Å². The SMILES string of the molecule is CCCCCCCC(O)=S.CCCCC[Si](OCC)(OCC)OCC. The molecule has 0 unspecified atom stereocenters. The highest BCUT2D eigenvalue weighted by atomic mass is 32.1. The Morgan fingerprint density at radius 2 is 1.16 bits per heavy atom. The summed E-state index contributed by atoms with van der Waals surface area (Å²) in [4.78, 5) is 0. The Kier molecular flexibility index (Phi) is 22.1. The third-order valence-corrected chi connectivity index (χ3v) is 7.03. The van der Waals surface area contributed by atoms with Gasteiger partial charge in [-0.3, -0.25) is 0 Å². The molecule has 0 aliphatic carbocycles. The van der Waals surface area contributed by atoms with Crippen molar-refractivity contribution >= 4 is 26.1 Å². The molecule has 0 aromatic carbocycles. The number of thiocarbonyl (C=S) groups is 1. The quantitative estimate of drug-likeness (QED) is 0.185. The molecular weight excluding hydrogens is 352 g/mol. The van der Waals surface area contributed by atoms with E-state index in [9.17, 15) is 0 Å². The summed E-state index contributed by atoms with van der Waals surface area (Å²) in [6.07, 6.45) is 10.4. The fourth-order valence-electron chi connectivity index (χ4n) is 2.47. The largest absolute Gasteiger partial charge is 0.502 e. The van der Waals surface area contributed by atoms with Gasteiger partial charge in [0.15, 0.2) is 5.05 Å². The molecule has 6 heteroatoms. The Labute approximate surface area is 163 Å². The maximum atomic E-state index is 8.64. The first-order chi connectivity index (χ1) is 12.0. The van der Waals surface area contributed by atoms with Crippen LogP contribution in [0.4, 0.5) is 0 Å². The molecule has 0 amide bonds. The molecule has 0 spiro atoms. The van der Waals surface area contributed by atoms with E-state index in [-0.39, 0.29) is 5.05 Å². The van der Waals surface area contributed by atoms with Gasteiger partial charge in [-0.2, -0.15) is 0 Å². The zero-order valence-corrected chi connectivity index (χ0v) is 19.1. The van der Waals surface area contributed by atoms with Crippen molar-refractivity contribution in [2.45, 2.75) is 98.5 Å². The molecule has 0 aromatic rings. The lowest BCUT2D eigenvalue weighted by Crippen LogP contribution is -2.45. The monoisotopic (exact) mass is 394 g/mol. The molecule has 0 fully saturated rings. The second kappa shape index (κ2) is 20.3. The van der Waals surface area contributed by atoms with Crippen LogP contribution >= 0.6 is 12.2 Å². The molecule has 0 bridgehead atoms. The van der Waals surface area contributed by atoms with E-state index in [0.29, 0.717) is 26.2 Å². The molecule has 0 radical (unpaired) electrons. The molecule has 25 heavy (non-hydrogen) atoms. The Bertz CT molecular complexity index is 274. The smallest absolute Gasteiger partial charge is 0.500 e. The van der Waals surface area contributed by atoms with Gasteiger partial charge in [-0.25, -0.2) is 0 Å². The predicted octanol–water partition coefficient (Wildman–Crippen LogP) is 6.46. The van der Waals surface area contributed by atoms with E-state index in [4.69, 9.17) is 18.4 Å². The summed E-state index contributed by atoms with van der Waals surface area (Å²) in [6, 6.07) is 0.955. The van der Waals surface area contributed by atoms with Gasteiger partial charge in [0.25, 0.3) is 0 Å². The molecule has 0 aromatic heterocycles. The van der Waals surface area contributed by atoms with Crippen LogP contribution in [0.3, 0.4) is 0 Å². The first-order valence-corrected chi connectivity index (χ1v) is 12.5. The second-order valence-electron chi connectivity index (χ2n) is 6.00. The average molecular weight is 395 g/mol. The lowest BCUT2D eigenvalue weighted by atomic mass is 10.1. The van der Waals surface area contributed by atoms with Gasteiger partial charge < -0.3 is 18.4 Å². The Morgan fingerprint density at radius 3 is 1.56 bits per heavy atom. The summed E-state index contributed by atoms with van der Waals surface area (Å²) in [7, 11) is -2.33. The van der Waals surface area contributed by atoms with Crippen molar-refractivity contribution in [3.8, 4) is 0 Å². The van der Waals surface area contributed by atoms with Gasteiger partial charge in [0, 0.05) is 32.3 Å². The number of hydrogen-bond donors (Lipinski definition) is 1. The number of unbranched alkanes of at least 4 members (excludes halogenated alkanes) is 6. The molecule has 0 aliphatic rings. The highest BCUT2D eigenvalue weighted by Crippen LogP contribution is 2.19. The minimum atomic E-state index is -2.33. The van der Waals surface area contributed by atoms with E-state index in [2.05, 4.69) is 26.1 Å². The average Bonchev–Trinajstić information content (AvgIpc) is 2.56. The number of aliphatic hydroxyl groups excluding tert-OH is 1. The highest BCUT2D eigenvalue weighted by Gasteiger charge is 2.39. The number of rotatable bonds is 16. The van der Waals surface area contributed by atoms with E-state index in [1.807, 2.05) is 20.8 Å². The Hall–Kier alpha value is -0.0131. The summed E-state index contributed by atoms with van der Waals surface area (Å²) in [5, 5.41) is 8.80. The van der Waals surface area contributed by atoms with E-state index >= 15 is 0 Å². The van der Waals surface area contributed by atoms with Crippen LogP contribution < -0.4 is 0 Å². The zero-order valence-electron chi connectivity index (χ0n) is 17.3. The Morgan fingerprint density at radius 1 is 0.720 bits per heavy atom. The summed E-state index contributed by atoms with van der Waals surface area (Å²) in [5.74, 6) is 0. The molecule has 1 N–H and O–H groups in total. The van der Waals surface area contributed by atoms with Gasteiger partial charge in [0.2, 0.25) is 0 Å². The lowest BCUT2D eigenvalue weighted by Gasteiger charge is -2.28. The first kappa shape index (κ1) is 27.2. The van der Waals surface area contributed by atoms with Crippen LogP contribution in [0, 0.1) is 0 Å². The summed E-state index contributed by atoms with van der Waals surface area (Å²) in [6.45, 7) is 12.4. The van der Waals surface area contributed by atoms with Crippen LogP contribution in [-0.4, -0.2) is 38.8 Å². The summed E-state index contributed by atoms with van der Waals surface area (Å²) in [5.41, 5.74) is 0. The van der Waals surface area contributed by atoms with Crippen LogP contribution in [-0.2, 0) is 13.3 Å². The van der Waals surface area contributed by atoms with E-state index < -0.39 is 8.80 Å². The van der Waals surface area contributed by atoms with Gasteiger partial charge in [0.1, 0.15) is 0 Å². The zero-order chi connectivity index (χ0) is 19.4. The third-order valence-electron chi connectivity index (χ3n) is 3.67. The number of aliphatic hydroxyl groups is 1. The first-order valence-electron chi connectivity index (χ1n) is 10.1. The molecule has 0 aliphatic heterocycles. The van der Waals surface area contributed by atoms with Crippen molar-refractivity contribution in [2.24, 2.45) is 0 Å². The molecule has 0 rings (SSSR count). The molecule has 0 atom stereocenters. The topological polar surface area (TPSA) is 47.9 Å². The Balaban J connectivity index is 0. The second-order valence-corrected chi connectivity index (χ2v) is 9.20. The van der Waals surface area contributed by atoms with Crippen molar-refractivity contribution in [1.82, 2.24) is 0 Å². The molecular formula is C19H42O4SSi. The van der Waals surface area contributed by atoms with Gasteiger partial charge in [-0.15, -0.1) is 0 Å². The molecule has 0 saturated heterocycles. The van der Waals surface area contributed by atoms with Crippen LogP contribution in [0.2, 0.25) is 6.04 Å². The van der Waals surface area contributed by atoms with E-state index in [1.54, 1.807) is 0 Å². The van der Waals surface area contributed by atoms with Crippen LogP contribution in [0.15, 0.2) is 0 Å². The van der Waals surface area contributed by atoms with Crippen molar-refractivity contribution in [2.75, 3.05) is 19.8 Å².